The van der Waals surface area contributed by atoms with Crippen LogP contribution in [0.25, 0.3) is 0 Å². The van der Waals surface area contributed by atoms with Crippen LogP contribution < -0.4 is 5.32 Å². The Balaban J connectivity index is 1.76. The molecule has 0 aliphatic rings. The van der Waals surface area contributed by atoms with E-state index in [0.29, 0.717) is 0 Å². The molecule has 2 rings (SSSR count). The third-order valence-electron chi connectivity index (χ3n) is 3.17. The Morgan fingerprint density at radius 3 is 2.64 bits per heavy atom. The maximum Gasteiger partial charge on any atom is 0.407 e. The van der Waals surface area contributed by atoms with Crippen molar-refractivity contribution in [2.45, 2.75) is 13.0 Å². The average Bonchev–Trinajstić information content (AvgIpc) is 2.63. The van der Waals surface area contributed by atoms with E-state index in [4.69, 9.17) is 4.74 Å². The number of halogens is 2. The van der Waals surface area contributed by atoms with Crippen molar-refractivity contribution in [1.29, 1.82) is 0 Å². The summed E-state index contributed by atoms with van der Waals surface area (Å²) in [5.74, 6) is 3.48. The molecule has 4 nitrogen and oxygen atoms in total. The van der Waals surface area contributed by atoms with Gasteiger partial charge in [0.05, 0.1) is 11.1 Å². The van der Waals surface area contributed by atoms with Crippen LogP contribution in [0.3, 0.4) is 0 Å². The Bertz CT molecular complexity index is 811. The molecule has 0 saturated carbocycles. The van der Waals surface area contributed by atoms with Crippen LogP contribution in [0.5, 0.6) is 0 Å². The SMILES string of the molecule is O=Cc1cc(F)c(C#CCCNC(=O)OCc2ccccc2)cc1F. The zero-order chi connectivity index (χ0) is 18.1. The van der Waals surface area contributed by atoms with Gasteiger partial charge in [-0.25, -0.2) is 13.6 Å². The third-order valence-corrected chi connectivity index (χ3v) is 3.17. The molecule has 0 aromatic heterocycles. The zero-order valence-corrected chi connectivity index (χ0v) is 13.2. The molecule has 0 radical (unpaired) electrons. The Morgan fingerprint density at radius 1 is 1.16 bits per heavy atom. The third kappa shape index (κ3) is 5.74. The first-order valence-corrected chi connectivity index (χ1v) is 7.48. The standard InChI is InChI=1S/C19H15F2NO3/c20-17-11-16(12-23)18(21)10-15(17)8-4-5-9-22-19(24)25-13-14-6-2-1-3-7-14/h1-3,6-7,10-12H,5,9,13H2,(H,22,24). The summed E-state index contributed by atoms with van der Waals surface area (Å²) in [7, 11) is 0. The number of hydrogen-bond acceptors (Lipinski definition) is 3. The molecule has 1 amide bonds. The smallest absolute Gasteiger partial charge is 0.407 e. The molecule has 0 unspecified atom stereocenters. The number of hydrogen-bond donors (Lipinski definition) is 1. The molecule has 1 N–H and O–H groups in total. The van der Waals surface area contributed by atoms with Crippen LogP contribution in [0, 0.1) is 23.5 Å². The molecule has 25 heavy (non-hydrogen) atoms. The quantitative estimate of drug-likeness (QED) is 0.514. The summed E-state index contributed by atoms with van der Waals surface area (Å²) in [6, 6.07) is 10.9. The molecular formula is C19H15F2NO3. The fourth-order valence-electron chi connectivity index (χ4n) is 1.91. The first-order valence-electron chi connectivity index (χ1n) is 7.48. The maximum atomic E-state index is 13.6. The van der Waals surface area contributed by atoms with Gasteiger partial charge in [-0.15, -0.1) is 0 Å². The van der Waals surface area contributed by atoms with Crippen LogP contribution in [0.2, 0.25) is 0 Å². The highest BCUT2D eigenvalue weighted by Gasteiger charge is 2.07. The molecule has 0 aliphatic carbocycles. The molecule has 0 spiro atoms. The summed E-state index contributed by atoms with van der Waals surface area (Å²) in [6.07, 6.45) is -0.115. The Kier molecular flexibility index (Phi) is 6.66. The molecule has 0 atom stereocenters. The first kappa shape index (κ1) is 18.1. The molecule has 2 aromatic carbocycles. The lowest BCUT2D eigenvalue weighted by molar-refractivity contribution is 0.111. The highest BCUT2D eigenvalue weighted by atomic mass is 19.1. The average molecular weight is 343 g/mol. The largest absolute Gasteiger partial charge is 0.445 e. The van der Waals surface area contributed by atoms with Crippen molar-refractivity contribution in [2.75, 3.05) is 6.54 Å². The number of ether oxygens (including phenoxy) is 1. The molecule has 128 valence electrons. The van der Waals surface area contributed by atoms with Gasteiger partial charge in [-0.3, -0.25) is 4.79 Å². The second-order valence-electron chi connectivity index (χ2n) is 5.01. The number of aldehydes is 1. The van der Waals surface area contributed by atoms with Crippen LogP contribution in [0.1, 0.15) is 27.9 Å². The van der Waals surface area contributed by atoms with Crippen LogP contribution in [0.4, 0.5) is 13.6 Å². The topological polar surface area (TPSA) is 55.4 Å². The van der Waals surface area contributed by atoms with Crippen LogP contribution >= 0.6 is 0 Å². The fraction of sp³-hybridized carbons (Fsp3) is 0.158. The number of carbonyl (C=O) groups is 2. The van der Waals surface area contributed by atoms with Crippen molar-refractivity contribution in [3.63, 3.8) is 0 Å². The van der Waals surface area contributed by atoms with Gasteiger partial charge in [0.15, 0.2) is 6.29 Å². The van der Waals surface area contributed by atoms with Gasteiger partial charge >= 0.3 is 6.09 Å². The van der Waals surface area contributed by atoms with Crippen molar-refractivity contribution in [2.24, 2.45) is 0 Å². The van der Waals surface area contributed by atoms with Gasteiger partial charge in [0.2, 0.25) is 0 Å². The summed E-state index contributed by atoms with van der Waals surface area (Å²) >= 11 is 0. The van der Waals surface area contributed by atoms with Gasteiger partial charge in [-0.1, -0.05) is 42.2 Å². The minimum atomic E-state index is -0.830. The lowest BCUT2D eigenvalue weighted by Gasteiger charge is -2.05. The summed E-state index contributed by atoms with van der Waals surface area (Å²) in [5.41, 5.74) is 0.370. The summed E-state index contributed by atoms with van der Waals surface area (Å²) in [6.45, 7) is 0.364. The van der Waals surface area contributed by atoms with Gasteiger partial charge in [0.25, 0.3) is 0 Å². The van der Waals surface area contributed by atoms with Crippen LogP contribution in [-0.4, -0.2) is 18.9 Å². The Labute approximate surface area is 143 Å². The highest BCUT2D eigenvalue weighted by molar-refractivity contribution is 5.75. The van der Waals surface area contributed by atoms with E-state index in [1.807, 2.05) is 30.3 Å². The van der Waals surface area contributed by atoms with Gasteiger partial charge < -0.3 is 10.1 Å². The van der Waals surface area contributed by atoms with E-state index in [1.165, 1.54) is 0 Å². The van der Waals surface area contributed by atoms with E-state index < -0.39 is 17.7 Å². The van der Waals surface area contributed by atoms with Gasteiger partial charge in [0.1, 0.15) is 18.2 Å². The van der Waals surface area contributed by atoms with Crippen molar-refractivity contribution >= 4 is 12.4 Å². The number of benzene rings is 2. The van der Waals surface area contributed by atoms with Crippen LogP contribution in [0.15, 0.2) is 42.5 Å². The van der Waals surface area contributed by atoms with Crippen molar-refractivity contribution in [3.8, 4) is 11.8 Å². The second kappa shape index (κ2) is 9.18. The van der Waals surface area contributed by atoms with Crippen molar-refractivity contribution in [1.82, 2.24) is 5.32 Å². The number of carbonyl (C=O) groups excluding carboxylic acids is 2. The maximum absolute atomic E-state index is 13.6. The molecule has 0 aliphatic heterocycles. The van der Waals surface area contributed by atoms with Crippen LogP contribution in [-0.2, 0) is 11.3 Å². The summed E-state index contributed by atoms with van der Waals surface area (Å²) in [5, 5.41) is 2.51. The molecular weight excluding hydrogens is 328 g/mol. The van der Waals surface area contributed by atoms with E-state index in [0.717, 1.165) is 17.7 Å². The second-order valence-corrected chi connectivity index (χ2v) is 5.01. The van der Waals surface area contributed by atoms with E-state index in [2.05, 4.69) is 17.2 Å². The Morgan fingerprint density at radius 2 is 1.92 bits per heavy atom. The predicted molar refractivity (Wildman–Crippen MR) is 87.9 cm³/mol. The molecule has 2 aromatic rings. The zero-order valence-electron chi connectivity index (χ0n) is 13.2. The molecule has 0 heterocycles. The summed E-state index contributed by atoms with van der Waals surface area (Å²) in [4.78, 5) is 22.0. The minimum absolute atomic E-state index is 0.144. The monoisotopic (exact) mass is 343 g/mol. The van der Waals surface area contributed by atoms with Gasteiger partial charge in [-0.2, -0.15) is 0 Å². The highest BCUT2D eigenvalue weighted by Crippen LogP contribution is 2.12. The van der Waals surface area contributed by atoms with Gasteiger partial charge in [-0.05, 0) is 17.7 Å². The van der Waals surface area contributed by atoms with E-state index in [-0.39, 0.29) is 37.0 Å². The number of alkyl carbamates (subject to hydrolysis) is 1. The van der Waals surface area contributed by atoms with Crippen molar-refractivity contribution < 1.29 is 23.1 Å². The van der Waals surface area contributed by atoms with E-state index >= 15 is 0 Å². The molecule has 0 fully saturated rings. The molecule has 0 saturated heterocycles. The normalized spacial score (nSPS) is 9.68. The molecule has 0 bridgehead atoms. The van der Waals surface area contributed by atoms with Gasteiger partial charge in [0, 0.05) is 13.0 Å². The van der Waals surface area contributed by atoms with E-state index in [9.17, 15) is 18.4 Å². The lowest BCUT2D eigenvalue weighted by Crippen LogP contribution is -2.24. The van der Waals surface area contributed by atoms with E-state index in [1.54, 1.807) is 0 Å². The number of amides is 1. The lowest BCUT2D eigenvalue weighted by atomic mass is 10.1. The number of rotatable bonds is 5. The fourth-order valence-corrected chi connectivity index (χ4v) is 1.91. The van der Waals surface area contributed by atoms with Crippen molar-refractivity contribution in [3.05, 3.63) is 70.8 Å². The Hall–Kier alpha value is -3.20. The minimum Gasteiger partial charge on any atom is -0.445 e. The first-order chi connectivity index (χ1) is 12.1. The summed E-state index contributed by atoms with van der Waals surface area (Å²) < 4.78 is 32.0. The molecule has 6 heteroatoms. The number of nitrogens with one attached hydrogen (secondary N) is 1. The predicted octanol–water partition coefficient (Wildman–Crippen LogP) is 3.45.